The number of nitrogens with one attached hydrogen (secondary N) is 2. The Morgan fingerprint density at radius 1 is 1.41 bits per heavy atom. The number of benzene rings is 1. The summed E-state index contributed by atoms with van der Waals surface area (Å²) >= 11 is 5.84. The van der Waals surface area contributed by atoms with Crippen molar-refractivity contribution in [3.63, 3.8) is 0 Å². The molecule has 22 heavy (non-hydrogen) atoms. The van der Waals surface area contributed by atoms with Crippen LogP contribution in [0.25, 0.3) is 0 Å². The molecule has 1 atom stereocenters. The smallest absolute Gasteiger partial charge is 0.278 e. The van der Waals surface area contributed by atoms with E-state index in [4.69, 9.17) is 16.3 Å². The number of anilines is 1. The summed E-state index contributed by atoms with van der Waals surface area (Å²) in [6, 6.07) is 4.68. The van der Waals surface area contributed by atoms with Crippen molar-refractivity contribution in [3.05, 3.63) is 23.2 Å². The average Bonchev–Trinajstić information content (AvgIpc) is 2.45. The highest BCUT2D eigenvalue weighted by atomic mass is 35.5. The number of rotatable bonds is 3. The Bertz CT molecular complexity index is 647. The molecular formula is C14H16ClN3O4. The van der Waals surface area contributed by atoms with Gasteiger partial charge in [-0.2, -0.15) is 0 Å². The second-order valence-electron chi connectivity index (χ2n) is 5.20. The highest BCUT2D eigenvalue weighted by Gasteiger charge is 2.47. The van der Waals surface area contributed by atoms with Crippen molar-refractivity contribution < 1.29 is 19.1 Å². The van der Waals surface area contributed by atoms with Gasteiger partial charge in [0.25, 0.3) is 17.4 Å². The van der Waals surface area contributed by atoms with Crippen LogP contribution in [0.4, 0.5) is 5.69 Å². The van der Waals surface area contributed by atoms with Crippen LogP contribution in [0.15, 0.2) is 18.2 Å². The molecule has 1 aromatic carbocycles. The third-order valence-corrected chi connectivity index (χ3v) is 3.50. The molecule has 1 heterocycles. The molecule has 0 saturated heterocycles. The Balaban J connectivity index is 2.16. The zero-order valence-electron chi connectivity index (χ0n) is 12.4. The zero-order chi connectivity index (χ0) is 16.5. The van der Waals surface area contributed by atoms with E-state index >= 15 is 0 Å². The van der Waals surface area contributed by atoms with Crippen LogP contribution in [0.5, 0.6) is 5.75 Å². The largest absolute Gasteiger partial charge is 0.466 e. The van der Waals surface area contributed by atoms with Crippen LogP contribution in [0.3, 0.4) is 0 Å². The van der Waals surface area contributed by atoms with Crippen LogP contribution >= 0.6 is 11.6 Å². The first-order valence-electron chi connectivity index (χ1n) is 6.52. The van der Waals surface area contributed by atoms with E-state index < -0.39 is 17.4 Å². The van der Waals surface area contributed by atoms with Crippen LogP contribution < -0.4 is 15.4 Å². The molecule has 0 fully saturated rings. The first kappa shape index (κ1) is 16.1. The molecule has 3 amide bonds. The van der Waals surface area contributed by atoms with Crippen molar-refractivity contribution in [2.45, 2.75) is 12.5 Å². The molecule has 1 aliphatic heterocycles. The third kappa shape index (κ3) is 2.99. The van der Waals surface area contributed by atoms with E-state index in [-0.39, 0.29) is 12.5 Å². The van der Waals surface area contributed by atoms with Crippen LogP contribution in [0, 0.1) is 0 Å². The zero-order valence-corrected chi connectivity index (χ0v) is 13.2. The fraction of sp³-hybridized carbons (Fsp3) is 0.357. The predicted octanol–water partition coefficient (Wildman–Crippen LogP) is 0.634. The van der Waals surface area contributed by atoms with E-state index in [1.54, 1.807) is 26.2 Å². The molecule has 2 N–H and O–H groups in total. The van der Waals surface area contributed by atoms with Crippen molar-refractivity contribution in [3.8, 4) is 5.75 Å². The van der Waals surface area contributed by atoms with Gasteiger partial charge < -0.3 is 20.3 Å². The van der Waals surface area contributed by atoms with Gasteiger partial charge in [-0.1, -0.05) is 11.6 Å². The minimum absolute atomic E-state index is 0.217. The molecule has 0 aliphatic carbocycles. The minimum Gasteiger partial charge on any atom is -0.466 e. The summed E-state index contributed by atoms with van der Waals surface area (Å²) in [6.45, 7) is 1.13. The summed E-state index contributed by atoms with van der Waals surface area (Å²) in [4.78, 5) is 37.3. The number of halogens is 1. The standard InChI is InChI=1S/C14H16ClN3O4/c1-14(12(20)16-7-11(19)18(2)3)13(21)17-9-6-8(15)4-5-10(9)22-14/h4-6H,7H2,1-3H3,(H,16,20)(H,17,21)/t14-/m1/s1. The fourth-order valence-electron chi connectivity index (χ4n) is 1.83. The Morgan fingerprint density at radius 3 is 2.73 bits per heavy atom. The van der Waals surface area contributed by atoms with Crippen LogP contribution in [0.1, 0.15) is 6.92 Å². The lowest BCUT2D eigenvalue weighted by molar-refractivity contribution is -0.147. The van der Waals surface area contributed by atoms with Gasteiger partial charge in [-0.25, -0.2) is 0 Å². The number of ether oxygens (including phenoxy) is 1. The molecular weight excluding hydrogens is 310 g/mol. The van der Waals surface area contributed by atoms with Crippen LogP contribution in [0.2, 0.25) is 5.02 Å². The number of carbonyl (C=O) groups excluding carboxylic acids is 3. The molecule has 0 spiro atoms. The lowest BCUT2D eigenvalue weighted by Gasteiger charge is -2.33. The summed E-state index contributed by atoms with van der Waals surface area (Å²) in [7, 11) is 3.14. The van der Waals surface area contributed by atoms with Gasteiger partial charge in [0.15, 0.2) is 0 Å². The normalized spacial score (nSPS) is 19.5. The highest BCUT2D eigenvalue weighted by molar-refractivity contribution is 6.31. The van der Waals surface area contributed by atoms with Gasteiger partial charge in [0.1, 0.15) is 5.75 Å². The lowest BCUT2D eigenvalue weighted by atomic mass is 10.0. The van der Waals surface area contributed by atoms with Crippen LogP contribution in [-0.4, -0.2) is 48.9 Å². The summed E-state index contributed by atoms with van der Waals surface area (Å²) in [5.41, 5.74) is -1.36. The number of fused-ring (bicyclic) bond motifs is 1. The number of likely N-dealkylation sites (N-methyl/N-ethyl adjacent to an activating group) is 1. The molecule has 2 rings (SSSR count). The van der Waals surface area contributed by atoms with E-state index in [9.17, 15) is 14.4 Å². The minimum atomic E-state index is -1.76. The topological polar surface area (TPSA) is 87.7 Å². The first-order valence-corrected chi connectivity index (χ1v) is 6.90. The quantitative estimate of drug-likeness (QED) is 0.798. The Hall–Kier alpha value is -2.28. The third-order valence-electron chi connectivity index (χ3n) is 3.27. The fourth-order valence-corrected chi connectivity index (χ4v) is 2.00. The second-order valence-corrected chi connectivity index (χ2v) is 5.64. The van der Waals surface area contributed by atoms with Gasteiger partial charge in [0.2, 0.25) is 5.91 Å². The molecule has 8 heteroatoms. The molecule has 0 saturated carbocycles. The molecule has 0 unspecified atom stereocenters. The van der Waals surface area contributed by atoms with Crippen molar-refractivity contribution in [2.24, 2.45) is 0 Å². The maximum Gasteiger partial charge on any atom is 0.278 e. The van der Waals surface area contributed by atoms with E-state index in [1.807, 2.05) is 0 Å². The first-order chi connectivity index (χ1) is 10.2. The number of hydrogen-bond acceptors (Lipinski definition) is 4. The van der Waals surface area contributed by atoms with E-state index in [0.717, 1.165) is 0 Å². The summed E-state index contributed by atoms with van der Waals surface area (Å²) in [6.07, 6.45) is 0. The lowest BCUT2D eigenvalue weighted by Crippen LogP contribution is -2.59. The van der Waals surface area contributed by atoms with Crippen LogP contribution in [-0.2, 0) is 14.4 Å². The molecule has 1 aromatic rings. The molecule has 1 aliphatic rings. The number of nitrogens with zero attached hydrogens (tertiary/aromatic N) is 1. The predicted molar refractivity (Wildman–Crippen MR) is 80.8 cm³/mol. The number of amides is 3. The van der Waals surface area contributed by atoms with Gasteiger partial charge in [-0.05, 0) is 25.1 Å². The van der Waals surface area contributed by atoms with Gasteiger partial charge in [0, 0.05) is 19.1 Å². The summed E-state index contributed by atoms with van der Waals surface area (Å²) in [5.74, 6) is -1.28. The van der Waals surface area contributed by atoms with Crippen molar-refractivity contribution >= 4 is 35.0 Å². The van der Waals surface area contributed by atoms with Crippen molar-refractivity contribution in [1.82, 2.24) is 10.2 Å². The average molecular weight is 326 g/mol. The molecule has 118 valence electrons. The van der Waals surface area contributed by atoms with Crippen molar-refractivity contribution in [2.75, 3.05) is 26.0 Å². The summed E-state index contributed by atoms with van der Waals surface area (Å²) < 4.78 is 5.53. The van der Waals surface area contributed by atoms with Crippen molar-refractivity contribution in [1.29, 1.82) is 0 Å². The molecule has 7 nitrogen and oxygen atoms in total. The Morgan fingerprint density at radius 2 is 2.09 bits per heavy atom. The van der Waals surface area contributed by atoms with E-state index in [2.05, 4.69) is 10.6 Å². The molecule has 0 radical (unpaired) electrons. The monoisotopic (exact) mass is 325 g/mol. The van der Waals surface area contributed by atoms with Gasteiger partial charge in [0.05, 0.1) is 12.2 Å². The Kier molecular flexibility index (Phi) is 4.27. The Labute approximate surface area is 132 Å². The highest BCUT2D eigenvalue weighted by Crippen LogP contribution is 2.35. The molecule has 0 bridgehead atoms. The number of carbonyl (C=O) groups is 3. The van der Waals surface area contributed by atoms with Gasteiger partial charge in [-0.3, -0.25) is 14.4 Å². The SMILES string of the molecule is CN(C)C(=O)CNC(=O)[C@@]1(C)Oc2ccc(Cl)cc2NC1=O. The molecule has 0 aromatic heterocycles. The van der Waals surface area contributed by atoms with Gasteiger partial charge in [-0.15, -0.1) is 0 Å². The maximum atomic E-state index is 12.2. The van der Waals surface area contributed by atoms with E-state index in [0.29, 0.717) is 16.5 Å². The number of hydrogen-bond donors (Lipinski definition) is 2. The second kappa shape index (κ2) is 5.84. The van der Waals surface area contributed by atoms with E-state index in [1.165, 1.54) is 17.9 Å². The van der Waals surface area contributed by atoms with Gasteiger partial charge >= 0.3 is 0 Å². The summed E-state index contributed by atoms with van der Waals surface area (Å²) in [5, 5.41) is 5.42. The maximum absolute atomic E-state index is 12.2.